The molecule has 1 saturated carbocycles. The summed E-state index contributed by atoms with van der Waals surface area (Å²) >= 11 is 0. The smallest absolute Gasteiger partial charge is 0.319 e. The Labute approximate surface area is 136 Å². The van der Waals surface area contributed by atoms with Crippen molar-refractivity contribution in [2.24, 2.45) is 0 Å². The van der Waals surface area contributed by atoms with Gasteiger partial charge in [0.25, 0.3) is 0 Å². The van der Waals surface area contributed by atoms with E-state index in [2.05, 4.69) is 20.8 Å². The second kappa shape index (κ2) is 7.26. The summed E-state index contributed by atoms with van der Waals surface area (Å²) < 4.78 is 1.96. The van der Waals surface area contributed by atoms with Gasteiger partial charge in [0.1, 0.15) is 6.33 Å². The number of anilines is 1. The molecule has 0 unspecified atom stereocenters. The van der Waals surface area contributed by atoms with Crippen LogP contribution in [0, 0.1) is 0 Å². The van der Waals surface area contributed by atoms with Gasteiger partial charge in [0, 0.05) is 18.2 Å². The molecule has 0 saturated heterocycles. The van der Waals surface area contributed by atoms with E-state index in [1.807, 2.05) is 35.8 Å². The zero-order valence-electron chi connectivity index (χ0n) is 13.5. The number of hydrogen-bond donors (Lipinski definition) is 2. The number of urea groups is 1. The highest BCUT2D eigenvalue weighted by Crippen LogP contribution is 2.26. The minimum atomic E-state index is -0.146. The highest BCUT2D eigenvalue weighted by atomic mass is 16.2. The molecule has 0 radical (unpaired) electrons. The van der Waals surface area contributed by atoms with Crippen molar-refractivity contribution in [3.63, 3.8) is 0 Å². The van der Waals surface area contributed by atoms with E-state index in [0.29, 0.717) is 0 Å². The summed E-state index contributed by atoms with van der Waals surface area (Å²) in [6, 6.07) is 7.83. The molecule has 1 heterocycles. The predicted molar refractivity (Wildman–Crippen MR) is 90.2 cm³/mol. The van der Waals surface area contributed by atoms with Crippen LogP contribution in [0.25, 0.3) is 11.4 Å². The van der Waals surface area contributed by atoms with Crippen LogP contribution >= 0.6 is 0 Å². The SMILES string of the molecule is CCn1cnnc1-c1ccccc1NC(=O)NC1CCCCC1. The standard InChI is InChI=1S/C17H23N5O/c1-2-22-12-18-21-16(22)14-10-6-7-11-15(14)20-17(23)19-13-8-4-3-5-9-13/h6-7,10-13H,2-5,8-9H2,1H3,(H2,19,20,23). The van der Waals surface area contributed by atoms with Crippen molar-refractivity contribution in [2.75, 3.05) is 5.32 Å². The maximum atomic E-state index is 12.3. The van der Waals surface area contributed by atoms with Gasteiger partial charge in [0.15, 0.2) is 5.82 Å². The monoisotopic (exact) mass is 313 g/mol. The molecule has 1 aromatic carbocycles. The summed E-state index contributed by atoms with van der Waals surface area (Å²) in [7, 11) is 0. The van der Waals surface area contributed by atoms with E-state index in [4.69, 9.17) is 0 Å². The minimum absolute atomic E-state index is 0.146. The number of rotatable bonds is 4. The highest BCUT2D eigenvalue weighted by Gasteiger charge is 2.17. The third-order valence-electron chi connectivity index (χ3n) is 4.31. The van der Waals surface area contributed by atoms with E-state index in [9.17, 15) is 4.79 Å². The largest absolute Gasteiger partial charge is 0.335 e. The van der Waals surface area contributed by atoms with Gasteiger partial charge in [-0.3, -0.25) is 0 Å². The van der Waals surface area contributed by atoms with Gasteiger partial charge in [-0.25, -0.2) is 4.79 Å². The van der Waals surface area contributed by atoms with Gasteiger partial charge in [0.2, 0.25) is 0 Å². The van der Waals surface area contributed by atoms with Crippen molar-refractivity contribution < 1.29 is 4.79 Å². The number of carbonyl (C=O) groups is 1. The number of amides is 2. The number of para-hydroxylation sites is 1. The fourth-order valence-corrected chi connectivity index (χ4v) is 3.07. The van der Waals surface area contributed by atoms with Crippen LogP contribution in [-0.4, -0.2) is 26.8 Å². The molecular weight excluding hydrogens is 290 g/mol. The molecule has 1 aromatic heterocycles. The lowest BCUT2D eigenvalue weighted by atomic mass is 9.96. The predicted octanol–water partition coefficient (Wildman–Crippen LogP) is 3.42. The van der Waals surface area contributed by atoms with Crippen molar-refractivity contribution in [1.29, 1.82) is 0 Å². The number of nitrogens with zero attached hydrogens (tertiary/aromatic N) is 3. The summed E-state index contributed by atoms with van der Waals surface area (Å²) in [5, 5.41) is 14.2. The number of aryl methyl sites for hydroxylation is 1. The summed E-state index contributed by atoms with van der Waals surface area (Å²) in [5.74, 6) is 0.765. The third-order valence-corrected chi connectivity index (χ3v) is 4.31. The Morgan fingerprint density at radius 2 is 2.04 bits per heavy atom. The van der Waals surface area contributed by atoms with Crippen molar-refractivity contribution >= 4 is 11.7 Å². The van der Waals surface area contributed by atoms with Gasteiger partial charge >= 0.3 is 6.03 Å². The van der Waals surface area contributed by atoms with Crippen LogP contribution in [0.5, 0.6) is 0 Å². The van der Waals surface area contributed by atoms with Crippen molar-refractivity contribution in [2.45, 2.75) is 51.6 Å². The van der Waals surface area contributed by atoms with E-state index in [1.54, 1.807) is 6.33 Å². The molecule has 0 spiro atoms. The van der Waals surface area contributed by atoms with E-state index in [0.717, 1.165) is 36.5 Å². The summed E-state index contributed by atoms with van der Waals surface area (Å²) in [6.07, 6.45) is 7.50. The first kappa shape index (κ1) is 15.5. The normalized spacial score (nSPS) is 15.3. The van der Waals surface area contributed by atoms with Gasteiger partial charge in [-0.15, -0.1) is 10.2 Å². The summed E-state index contributed by atoms with van der Waals surface area (Å²) in [5.41, 5.74) is 1.63. The molecule has 2 aromatic rings. The Morgan fingerprint density at radius 3 is 2.83 bits per heavy atom. The van der Waals surface area contributed by atoms with E-state index in [-0.39, 0.29) is 12.1 Å². The van der Waals surface area contributed by atoms with Crippen molar-refractivity contribution in [3.8, 4) is 11.4 Å². The van der Waals surface area contributed by atoms with Gasteiger partial charge in [-0.1, -0.05) is 31.4 Å². The Kier molecular flexibility index (Phi) is 4.90. The first-order valence-electron chi connectivity index (χ1n) is 8.32. The minimum Gasteiger partial charge on any atom is -0.335 e. The Morgan fingerprint density at radius 1 is 1.26 bits per heavy atom. The maximum absolute atomic E-state index is 12.3. The molecule has 1 aliphatic carbocycles. The van der Waals surface area contributed by atoms with Crippen LogP contribution in [0.1, 0.15) is 39.0 Å². The van der Waals surface area contributed by atoms with Crippen LogP contribution < -0.4 is 10.6 Å². The number of nitrogens with one attached hydrogen (secondary N) is 2. The topological polar surface area (TPSA) is 71.8 Å². The van der Waals surface area contributed by atoms with Crippen molar-refractivity contribution in [1.82, 2.24) is 20.1 Å². The molecule has 0 atom stereocenters. The highest BCUT2D eigenvalue weighted by molar-refractivity contribution is 5.93. The molecule has 2 amide bonds. The van der Waals surface area contributed by atoms with Crippen LogP contribution in [0.3, 0.4) is 0 Å². The Balaban J connectivity index is 1.74. The van der Waals surface area contributed by atoms with Crippen LogP contribution in [0.2, 0.25) is 0 Å². The molecule has 6 heteroatoms. The Bertz CT molecular complexity index is 661. The molecule has 122 valence electrons. The quantitative estimate of drug-likeness (QED) is 0.908. The zero-order chi connectivity index (χ0) is 16.1. The van der Waals surface area contributed by atoms with Gasteiger partial charge in [0.05, 0.1) is 5.69 Å². The van der Waals surface area contributed by atoms with Gasteiger partial charge in [-0.2, -0.15) is 0 Å². The summed E-state index contributed by atoms with van der Waals surface area (Å²) in [4.78, 5) is 12.3. The zero-order valence-corrected chi connectivity index (χ0v) is 13.5. The summed E-state index contributed by atoms with van der Waals surface area (Å²) in [6.45, 7) is 2.82. The molecule has 23 heavy (non-hydrogen) atoms. The molecule has 2 N–H and O–H groups in total. The lowest BCUT2D eigenvalue weighted by Crippen LogP contribution is -2.39. The maximum Gasteiger partial charge on any atom is 0.319 e. The lowest BCUT2D eigenvalue weighted by molar-refractivity contribution is 0.244. The second-order valence-corrected chi connectivity index (χ2v) is 5.92. The van der Waals surface area contributed by atoms with E-state index >= 15 is 0 Å². The van der Waals surface area contributed by atoms with Gasteiger partial charge < -0.3 is 15.2 Å². The van der Waals surface area contributed by atoms with E-state index < -0.39 is 0 Å². The molecule has 6 nitrogen and oxygen atoms in total. The number of hydrogen-bond acceptors (Lipinski definition) is 3. The molecule has 1 aliphatic rings. The first-order chi connectivity index (χ1) is 11.3. The number of benzene rings is 1. The fourth-order valence-electron chi connectivity index (χ4n) is 3.07. The van der Waals surface area contributed by atoms with Crippen LogP contribution in [0.4, 0.5) is 10.5 Å². The molecule has 3 rings (SSSR count). The number of carbonyl (C=O) groups excluding carboxylic acids is 1. The second-order valence-electron chi connectivity index (χ2n) is 5.92. The molecule has 0 aliphatic heterocycles. The van der Waals surface area contributed by atoms with Crippen LogP contribution in [-0.2, 0) is 6.54 Å². The molecular formula is C17H23N5O. The average molecular weight is 313 g/mol. The average Bonchev–Trinajstić information content (AvgIpc) is 3.04. The molecule has 1 fully saturated rings. The molecule has 0 bridgehead atoms. The third kappa shape index (κ3) is 3.70. The number of aromatic nitrogens is 3. The Hall–Kier alpha value is -2.37. The van der Waals surface area contributed by atoms with Crippen molar-refractivity contribution in [3.05, 3.63) is 30.6 Å². The van der Waals surface area contributed by atoms with E-state index in [1.165, 1.54) is 19.3 Å². The van der Waals surface area contributed by atoms with Gasteiger partial charge in [-0.05, 0) is 31.9 Å². The lowest BCUT2D eigenvalue weighted by Gasteiger charge is -2.23. The first-order valence-corrected chi connectivity index (χ1v) is 8.32. The van der Waals surface area contributed by atoms with Crippen LogP contribution in [0.15, 0.2) is 30.6 Å². The fraction of sp³-hybridized carbons (Fsp3) is 0.471.